The van der Waals surface area contributed by atoms with Crippen LogP contribution in [0.1, 0.15) is 0 Å². The SMILES string of the molecule is Nc1c(Cl)c(Cl)cc(Cl)c1Cl. The molecule has 1 aromatic carbocycles. The molecule has 11 heavy (non-hydrogen) atoms. The minimum absolute atomic E-state index is 0.214. The fourth-order valence-electron chi connectivity index (χ4n) is 0.592. The zero-order valence-electron chi connectivity index (χ0n) is 5.17. The highest BCUT2D eigenvalue weighted by Gasteiger charge is 2.09. The van der Waals surface area contributed by atoms with Gasteiger partial charge in [0.25, 0.3) is 0 Å². The van der Waals surface area contributed by atoms with Gasteiger partial charge in [0.2, 0.25) is 0 Å². The summed E-state index contributed by atoms with van der Waals surface area (Å²) < 4.78 is 0. The summed E-state index contributed by atoms with van der Waals surface area (Å²) in [5.41, 5.74) is 5.66. The van der Waals surface area contributed by atoms with Gasteiger partial charge in [0.05, 0.1) is 25.8 Å². The molecule has 2 N–H and O–H groups in total. The third-order valence-corrected chi connectivity index (χ3v) is 2.75. The Hall–Kier alpha value is 0.180. The van der Waals surface area contributed by atoms with Crippen LogP contribution >= 0.6 is 46.4 Å². The highest BCUT2D eigenvalue weighted by Crippen LogP contribution is 2.38. The van der Waals surface area contributed by atoms with Gasteiger partial charge in [0, 0.05) is 0 Å². The molecule has 0 aromatic heterocycles. The van der Waals surface area contributed by atoms with Crippen LogP contribution in [0.2, 0.25) is 20.1 Å². The molecule has 0 aliphatic rings. The Bertz CT molecular complexity index is 271. The summed E-state index contributed by atoms with van der Waals surface area (Å²) >= 11 is 22.6. The molecule has 0 aliphatic heterocycles. The lowest BCUT2D eigenvalue weighted by Gasteiger charge is -2.04. The van der Waals surface area contributed by atoms with Crippen LogP contribution in [0.4, 0.5) is 5.69 Å². The molecule has 0 unspecified atom stereocenters. The minimum Gasteiger partial charge on any atom is -0.396 e. The Morgan fingerprint density at radius 2 is 1.27 bits per heavy atom. The first-order chi connectivity index (χ1) is 5.04. The van der Waals surface area contributed by atoms with Crippen molar-refractivity contribution in [2.24, 2.45) is 0 Å². The van der Waals surface area contributed by atoms with E-state index in [2.05, 4.69) is 0 Å². The molecule has 60 valence electrons. The Kier molecular flexibility index (Phi) is 2.76. The van der Waals surface area contributed by atoms with Crippen molar-refractivity contribution in [2.75, 3.05) is 5.73 Å². The average molecular weight is 231 g/mol. The van der Waals surface area contributed by atoms with E-state index >= 15 is 0 Å². The molecule has 0 atom stereocenters. The first kappa shape index (κ1) is 9.27. The van der Waals surface area contributed by atoms with Crippen molar-refractivity contribution in [1.29, 1.82) is 0 Å². The van der Waals surface area contributed by atoms with E-state index in [0.717, 1.165) is 0 Å². The van der Waals surface area contributed by atoms with Crippen molar-refractivity contribution >= 4 is 52.1 Å². The maximum Gasteiger partial charge on any atom is 0.0837 e. The fraction of sp³-hybridized carbons (Fsp3) is 0. The maximum atomic E-state index is 5.65. The molecule has 0 aliphatic carbocycles. The van der Waals surface area contributed by atoms with Gasteiger partial charge < -0.3 is 5.73 Å². The number of benzene rings is 1. The molecule has 0 saturated heterocycles. The summed E-state index contributed by atoms with van der Waals surface area (Å²) in [5.74, 6) is 0. The summed E-state index contributed by atoms with van der Waals surface area (Å²) in [7, 11) is 0. The van der Waals surface area contributed by atoms with Crippen molar-refractivity contribution in [3.63, 3.8) is 0 Å². The van der Waals surface area contributed by atoms with Gasteiger partial charge in [0.15, 0.2) is 0 Å². The lowest BCUT2D eigenvalue weighted by atomic mass is 10.3. The molecular formula is C6H3Cl4N. The molecule has 0 fully saturated rings. The Morgan fingerprint density at radius 3 is 1.64 bits per heavy atom. The maximum absolute atomic E-state index is 5.65. The summed E-state index contributed by atoms with van der Waals surface area (Å²) in [6, 6.07) is 1.45. The first-order valence-corrected chi connectivity index (χ1v) is 4.13. The quantitative estimate of drug-likeness (QED) is 0.531. The highest BCUT2D eigenvalue weighted by molar-refractivity contribution is 6.49. The molecule has 1 aromatic rings. The van der Waals surface area contributed by atoms with Crippen molar-refractivity contribution < 1.29 is 0 Å². The zero-order valence-corrected chi connectivity index (χ0v) is 8.19. The molecule has 0 heterocycles. The standard InChI is InChI=1S/C6H3Cl4N/c7-2-1-3(8)5(10)6(11)4(2)9/h1H,11H2. The number of nitrogen functional groups attached to an aromatic ring is 1. The lowest BCUT2D eigenvalue weighted by Crippen LogP contribution is -1.88. The number of hydrogen-bond acceptors (Lipinski definition) is 1. The van der Waals surface area contributed by atoms with Crippen molar-refractivity contribution in [2.45, 2.75) is 0 Å². The number of hydrogen-bond donors (Lipinski definition) is 1. The molecular weight excluding hydrogens is 228 g/mol. The molecule has 5 heteroatoms. The van der Waals surface area contributed by atoms with Gasteiger partial charge in [-0.1, -0.05) is 46.4 Å². The van der Waals surface area contributed by atoms with Crippen LogP contribution in [0.25, 0.3) is 0 Å². The molecule has 1 nitrogen and oxygen atoms in total. The summed E-state index contributed by atoms with van der Waals surface area (Å²) in [5, 5.41) is 1.08. The molecule has 0 saturated carbocycles. The van der Waals surface area contributed by atoms with E-state index in [-0.39, 0.29) is 15.7 Å². The van der Waals surface area contributed by atoms with Crippen LogP contribution in [-0.2, 0) is 0 Å². The second-order valence-electron chi connectivity index (χ2n) is 1.88. The van der Waals surface area contributed by atoms with E-state index in [1.54, 1.807) is 0 Å². The number of rotatable bonds is 0. The molecule has 1 rings (SSSR count). The molecule has 0 amide bonds. The summed E-state index contributed by atoms with van der Waals surface area (Å²) in [6.07, 6.45) is 0. The van der Waals surface area contributed by atoms with Gasteiger partial charge in [-0.2, -0.15) is 0 Å². The lowest BCUT2D eigenvalue weighted by molar-refractivity contribution is 1.67. The summed E-state index contributed by atoms with van der Waals surface area (Å²) in [4.78, 5) is 0. The van der Waals surface area contributed by atoms with Crippen LogP contribution in [0, 0.1) is 0 Å². The van der Waals surface area contributed by atoms with Crippen LogP contribution in [-0.4, -0.2) is 0 Å². The molecule has 0 spiro atoms. The van der Waals surface area contributed by atoms with Crippen LogP contribution in [0.3, 0.4) is 0 Å². The van der Waals surface area contributed by atoms with Gasteiger partial charge in [-0.05, 0) is 6.07 Å². The number of anilines is 1. The Morgan fingerprint density at radius 1 is 0.909 bits per heavy atom. The third kappa shape index (κ3) is 1.67. The van der Waals surface area contributed by atoms with E-state index in [0.29, 0.717) is 10.0 Å². The van der Waals surface area contributed by atoms with Crippen molar-refractivity contribution in [1.82, 2.24) is 0 Å². The van der Waals surface area contributed by atoms with Crippen molar-refractivity contribution in [3.8, 4) is 0 Å². The number of nitrogens with two attached hydrogens (primary N) is 1. The second kappa shape index (κ2) is 3.28. The van der Waals surface area contributed by atoms with E-state index in [4.69, 9.17) is 52.1 Å². The predicted octanol–water partition coefficient (Wildman–Crippen LogP) is 3.88. The van der Waals surface area contributed by atoms with Crippen LogP contribution in [0.15, 0.2) is 6.07 Å². The monoisotopic (exact) mass is 229 g/mol. The van der Waals surface area contributed by atoms with Crippen LogP contribution in [0.5, 0.6) is 0 Å². The van der Waals surface area contributed by atoms with Gasteiger partial charge in [-0.25, -0.2) is 0 Å². The minimum atomic E-state index is 0.214. The zero-order chi connectivity index (χ0) is 8.59. The van der Waals surface area contributed by atoms with E-state index < -0.39 is 0 Å². The third-order valence-electron chi connectivity index (χ3n) is 1.15. The first-order valence-electron chi connectivity index (χ1n) is 2.62. The second-order valence-corrected chi connectivity index (χ2v) is 3.45. The number of halogens is 4. The van der Waals surface area contributed by atoms with E-state index in [1.165, 1.54) is 6.07 Å². The van der Waals surface area contributed by atoms with E-state index in [9.17, 15) is 0 Å². The predicted molar refractivity (Wildman–Crippen MR) is 50.9 cm³/mol. The molecule has 0 bridgehead atoms. The largest absolute Gasteiger partial charge is 0.396 e. The van der Waals surface area contributed by atoms with Gasteiger partial charge in [-0.3, -0.25) is 0 Å². The van der Waals surface area contributed by atoms with Crippen LogP contribution < -0.4 is 5.73 Å². The van der Waals surface area contributed by atoms with E-state index in [1.807, 2.05) is 0 Å². The average Bonchev–Trinajstić information content (AvgIpc) is 1.97. The summed E-state index contributed by atoms with van der Waals surface area (Å²) in [6.45, 7) is 0. The van der Waals surface area contributed by atoms with Gasteiger partial charge in [-0.15, -0.1) is 0 Å². The fourth-order valence-corrected chi connectivity index (χ4v) is 1.42. The van der Waals surface area contributed by atoms with Gasteiger partial charge >= 0.3 is 0 Å². The van der Waals surface area contributed by atoms with Crippen molar-refractivity contribution in [3.05, 3.63) is 26.2 Å². The Balaban J connectivity index is 3.46. The Labute approximate surface area is 84.0 Å². The smallest absolute Gasteiger partial charge is 0.0837 e. The highest BCUT2D eigenvalue weighted by atomic mass is 35.5. The van der Waals surface area contributed by atoms with Gasteiger partial charge in [0.1, 0.15) is 0 Å². The topological polar surface area (TPSA) is 26.0 Å². The normalized spacial score (nSPS) is 10.2. The molecule has 0 radical (unpaired) electrons.